The van der Waals surface area contributed by atoms with E-state index in [4.69, 9.17) is 4.74 Å². The van der Waals surface area contributed by atoms with Crippen molar-refractivity contribution in [3.63, 3.8) is 0 Å². The second-order valence-electron chi connectivity index (χ2n) is 8.06. The average molecular weight is 338 g/mol. The van der Waals surface area contributed by atoms with Crippen LogP contribution in [-0.4, -0.2) is 12.6 Å². The SMILES string of the molecule is C=C1C2CCC(C2)C1(C)CC/C=C(\C)COC(=O)Cc1ccccc1. The van der Waals surface area contributed by atoms with Gasteiger partial charge in [0.2, 0.25) is 0 Å². The van der Waals surface area contributed by atoms with Crippen LogP contribution in [0.4, 0.5) is 0 Å². The smallest absolute Gasteiger partial charge is 0.310 e. The van der Waals surface area contributed by atoms with E-state index in [0.717, 1.165) is 29.4 Å². The number of hydrogen-bond donors (Lipinski definition) is 0. The van der Waals surface area contributed by atoms with Gasteiger partial charge in [0, 0.05) is 0 Å². The van der Waals surface area contributed by atoms with Gasteiger partial charge in [-0.15, -0.1) is 0 Å². The molecule has 2 fully saturated rings. The van der Waals surface area contributed by atoms with Crippen LogP contribution in [0.15, 0.2) is 54.1 Å². The molecule has 3 rings (SSSR count). The Hall–Kier alpha value is -1.83. The number of carbonyl (C=O) groups excluding carboxylic acids is 1. The van der Waals surface area contributed by atoms with Crippen molar-refractivity contribution < 1.29 is 9.53 Å². The lowest BCUT2D eigenvalue weighted by molar-refractivity contribution is -0.141. The fourth-order valence-electron chi connectivity index (χ4n) is 4.66. The first kappa shape index (κ1) is 18.0. The summed E-state index contributed by atoms with van der Waals surface area (Å²) in [4.78, 5) is 11.9. The van der Waals surface area contributed by atoms with E-state index < -0.39 is 0 Å². The van der Waals surface area contributed by atoms with Gasteiger partial charge in [-0.1, -0.05) is 55.5 Å². The number of esters is 1. The Morgan fingerprint density at radius 3 is 2.76 bits per heavy atom. The minimum absolute atomic E-state index is 0.160. The van der Waals surface area contributed by atoms with Gasteiger partial charge in [-0.2, -0.15) is 0 Å². The van der Waals surface area contributed by atoms with Gasteiger partial charge in [0.15, 0.2) is 0 Å². The molecule has 134 valence electrons. The minimum atomic E-state index is -0.160. The highest BCUT2D eigenvalue weighted by molar-refractivity contribution is 5.72. The highest BCUT2D eigenvalue weighted by atomic mass is 16.5. The van der Waals surface area contributed by atoms with E-state index in [0.29, 0.717) is 18.4 Å². The summed E-state index contributed by atoms with van der Waals surface area (Å²) in [7, 11) is 0. The van der Waals surface area contributed by atoms with E-state index in [9.17, 15) is 4.79 Å². The van der Waals surface area contributed by atoms with Crippen LogP contribution in [-0.2, 0) is 16.0 Å². The summed E-state index contributed by atoms with van der Waals surface area (Å²) < 4.78 is 5.40. The molecule has 0 aliphatic heterocycles. The van der Waals surface area contributed by atoms with E-state index in [1.807, 2.05) is 37.3 Å². The lowest BCUT2D eigenvalue weighted by atomic mass is 9.69. The highest BCUT2D eigenvalue weighted by Gasteiger charge is 2.49. The molecule has 0 heterocycles. The van der Waals surface area contributed by atoms with Gasteiger partial charge in [0.1, 0.15) is 6.61 Å². The van der Waals surface area contributed by atoms with Crippen molar-refractivity contribution in [2.75, 3.05) is 6.61 Å². The minimum Gasteiger partial charge on any atom is -0.461 e. The largest absolute Gasteiger partial charge is 0.461 e. The molecular weight excluding hydrogens is 308 g/mol. The van der Waals surface area contributed by atoms with Gasteiger partial charge in [0.05, 0.1) is 6.42 Å². The van der Waals surface area contributed by atoms with Crippen molar-refractivity contribution in [2.45, 2.75) is 52.4 Å². The topological polar surface area (TPSA) is 26.3 Å². The normalized spacial score (nSPS) is 28.4. The summed E-state index contributed by atoms with van der Waals surface area (Å²) >= 11 is 0. The molecule has 1 aromatic carbocycles. The Balaban J connectivity index is 1.42. The van der Waals surface area contributed by atoms with Crippen molar-refractivity contribution in [3.8, 4) is 0 Å². The quantitative estimate of drug-likeness (QED) is 0.485. The third-order valence-electron chi connectivity index (χ3n) is 6.37. The van der Waals surface area contributed by atoms with Gasteiger partial charge < -0.3 is 4.74 Å². The molecule has 0 amide bonds. The van der Waals surface area contributed by atoms with Gasteiger partial charge in [-0.3, -0.25) is 4.79 Å². The fourth-order valence-corrected chi connectivity index (χ4v) is 4.66. The van der Waals surface area contributed by atoms with E-state index in [-0.39, 0.29) is 5.97 Å². The standard InChI is InChI=1S/C23H30O2/c1-17(16-25-22(24)14-19-9-5-4-6-10-19)8-7-13-23(3)18(2)20-11-12-21(23)15-20/h4-6,8-10,20-21H,2,7,11-16H2,1,3H3/b17-8+. The highest BCUT2D eigenvalue weighted by Crippen LogP contribution is 2.60. The maximum atomic E-state index is 11.9. The lowest BCUT2D eigenvalue weighted by Gasteiger charge is -2.36. The Bertz CT molecular complexity index is 658. The number of carbonyl (C=O) groups is 1. The van der Waals surface area contributed by atoms with E-state index in [2.05, 4.69) is 19.6 Å². The molecule has 2 aliphatic carbocycles. The van der Waals surface area contributed by atoms with Gasteiger partial charge in [-0.05, 0) is 67.4 Å². The Morgan fingerprint density at radius 2 is 2.08 bits per heavy atom. The zero-order chi connectivity index (χ0) is 17.9. The van der Waals surface area contributed by atoms with Crippen LogP contribution in [0, 0.1) is 17.3 Å². The Kier molecular flexibility index (Phi) is 5.46. The summed E-state index contributed by atoms with van der Waals surface area (Å²) in [5, 5.41) is 0. The number of ether oxygens (including phenoxy) is 1. The molecule has 0 aromatic heterocycles. The van der Waals surface area contributed by atoms with Crippen LogP contribution >= 0.6 is 0 Å². The van der Waals surface area contributed by atoms with Crippen molar-refractivity contribution in [1.29, 1.82) is 0 Å². The zero-order valence-electron chi connectivity index (χ0n) is 15.6. The second kappa shape index (κ2) is 7.59. The number of hydrogen-bond acceptors (Lipinski definition) is 2. The maximum Gasteiger partial charge on any atom is 0.310 e. The Morgan fingerprint density at radius 1 is 1.32 bits per heavy atom. The van der Waals surface area contributed by atoms with Crippen molar-refractivity contribution >= 4 is 5.97 Å². The second-order valence-corrected chi connectivity index (χ2v) is 8.06. The van der Waals surface area contributed by atoms with Crippen LogP contribution in [0.5, 0.6) is 0 Å². The number of allylic oxidation sites excluding steroid dienone is 2. The lowest BCUT2D eigenvalue weighted by Crippen LogP contribution is -2.26. The first-order valence-corrected chi connectivity index (χ1v) is 9.53. The van der Waals surface area contributed by atoms with E-state index in [1.54, 1.807) is 0 Å². The van der Waals surface area contributed by atoms with Gasteiger partial charge in [-0.25, -0.2) is 0 Å². The van der Waals surface area contributed by atoms with Crippen LogP contribution in [0.25, 0.3) is 0 Å². The number of rotatable bonds is 7. The van der Waals surface area contributed by atoms with Gasteiger partial charge in [0.25, 0.3) is 0 Å². The molecule has 0 N–H and O–H groups in total. The molecule has 3 unspecified atom stereocenters. The molecule has 0 radical (unpaired) electrons. The molecule has 2 aliphatic rings. The molecule has 2 nitrogen and oxygen atoms in total. The number of benzene rings is 1. The summed E-state index contributed by atoms with van der Waals surface area (Å²) in [6, 6.07) is 9.74. The monoisotopic (exact) mass is 338 g/mol. The summed E-state index contributed by atoms with van der Waals surface area (Å²) in [6.07, 6.45) is 8.87. The first-order chi connectivity index (χ1) is 12.0. The predicted octanol–water partition coefficient (Wildman–Crippen LogP) is 5.49. The van der Waals surface area contributed by atoms with E-state index >= 15 is 0 Å². The van der Waals surface area contributed by atoms with Crippen LogP contribution in [0.1, 0.15) is 51.5 Å². The summed E-state index contributed by atoms with van der Waals surface area (Å²) in [5.41, 5.74) is 3.95. The summed E-state index contributed by atoms with van der Waals surface area (Å²) in [6.45, 7) is 9.25. The third-order valence-corrected chi connectivity index (χ3v) is 6.37. The van der Waals surface area contributed by atoms with Crippen molar-refractivity contribution in [1.82, 2.24) is 0 Å². The molecule has 3 atom stereocenters. The average Bonchev–Trinajstić information content (AvgIpc) is 3.17. The van der Waals surface area contributed by atoms with Crippen molar-refractivity contribution in [3.05, 3.63) is 59.7 Å². The zero-order valence-corrected chi connectivity index (χ0v) is 15.6. The summed E-state index contributed by atoms with van der Waals surface area (Å²) in [5.74, 6) is 1.45. The number of fused-ring (bicyclic) bond motifs is 2. The molecule has 2 heteroatoms. The van der Waals surface area contributed by atoms with E-state index in [1.165, 1.54) is 31.3 Å². The maximum absolute atomic E-state index is 11.9. The predicted molar refractivity (Wildman–Crippen MR) is 102 cm³/mol. The van der Waals surface area contributed by atoms with Crippen LogP contribution in [0.2, 0.25) is 0 Å². The van der Waals surface area contributed by atoms with Crippen molar-refractivity contribution in [2.24, 2.45) is 17.3 Å². The fraction of sp³-hybridized carbons (Fsp3) is 0.522. The van der Waals surface area contributed by atoms with Gasteiger partial charge >= 0.3 is 5.97 Å². The molecule has 25 heavy (non-hydrogen) atoms. The molecule has 2 bridgehead atoms. The first-order valence-electron chi connectivity index (χ1n) is 9.53. The Labute approximate surface area is 152 Å². The third kappa shape index (κ3) is 4.05. The van der Waals surface area contributed by atoms with Crippen LogP contribution in [0.3, 0.4) is 0 Å². The molecule has 0 saturated heterocycles. The molecule has 1 aromatic rings. The molecule has 0 spiro atoms. The van der Waals surface area contributed by atoms with Crippen LogP contribution < -0.4 is 0 Å². The molecule has 2 saturated carbocycles. The molecular formula is C23H30O2.